The number of benzene rings is 1. The van der Waals surface area contributed by atoms with Crippen molar-refractivity contribution < 1.29 is 8.42 Å². The first-order valence-electron chi connectivity index (χ1n) is 9.01. The average molecular weight is 418 g/mol. The summed E-state index contributed by atoms with van der Waals surface area (Å²) >= 11 is 0. The van der Waals surface area contributed by atoms with Crippen molar-refractivity contribution in [1.29, 1.82) is 0 Å². The fraction of sp³-hybridized carbons (Fsp3) is 0.0952. The number of hydrogen-bond donors (Lipinski definition) is 2. The van der Waals surface area contributed by atoms with Crippen LogP contribution >= 0.6 is 0 Å². The van der Waals surface area contributed by atoms with Crippen molar-refractivity contribution in [2.24, 2.45) is 7.05 Å². The maximum Gasteiger partial charge on any atom is 0.264 e. The maximum atomic E-state index is 12.5. The van der Waals surface area contributed by atoms with Gasteiger partial charge in [0.2, 0.25) is 5.95 Å². The number of pyridine rings is 2. The van der Waals surface area contributed by atoms with E-state index in [4.69, 9.17) is 0 Å². The number of rotatable bonds is 5. The monoisotopic (exact) mass is 418 g/mol. The van der Waals surface area contributed by atoms with Crippen LogP contribution < -0.4 is 10.0 Å². The molecule has 0 aliphatic heterocycles. The number of nitrogens with one attached hydrogen (secondary N) is 2. The number of imidazole rings is 1. The SMILES string of the molecule is CC#Cc1nccc2cnc(Nc3ccc(S(=O)(=O)Nc4nccn4C)cc3)cc12. The van der Waals surface area contributed by atoms with Gasteiger partial charge in [-0.1, -0.05) is 5.92 Å². The van der Waals surface area contributed by atoms with Gasteiger partial charge in [-0.3, -0.25) is 0 Å². The lowest BCUT2D eigenvalue weighted by molar-refractivity contribution is 0.600. The first-order chi connectivity index (χ1) is 14.5. The van der Waals surface area contributed by atoms with Crippen LogP contribution in [0.15, 0.2) is 66.1 Å². The van der Waals surface area contributed by atoms with E-state index in [2.05, 4.69) is 36.8 Å². The minimum atomic E-state index is -3.74. The lowest BCUT2D eigenvalue weighted by Crippen LogP contribution is -2.15. The zero-order valence-electron chi connectivity index (χ0n) is 16.3. The molecular formula is C21H18N6O2S. The van der Waals surface area contributed by atoms with Crippen LogP contribution in [0.25, 0.3) is 10.8 Å². The number of fused-ring (bicyclic) bond motifs is 1. The molecule has 3 aromatic heterocycles. The number of nitrogens with zero attached hydrogens (tertiary/aromatic N) is 4. The van der Waals surface area contributed by atoms with E-state index in [-0.39, 0.29) is 10.8 Å². The van der Waals surface area contributed by atoms with Gasteiger partial charge in [0.1, 0.15) is 11.5 Å². The minimum absolute atomic E-state index is 0.132. The Morgan fingerprint density at radius 2 is 1.83 bits per heavy atom. The van der Waals surface area contributed by atoms with E-state index >= 15 is 0 Å². The van der Waals surface area contributed by atoms with Gasteiger partial charge in [0, 0.05) is 48.3 Å². The second-order valence-electron chi connectivity index (χ2n) is 6.44. The molecule has 0 amide bonds. The summed E-state index contributed by atoms with van der Waals surface area (Å²) in [6.45, 7) is 1.76. The number of sulfonamides is 1. The minimum Gasteiger partial charge on any atom is -0.340 e. The summed E-state index contributed by atoms with van der Waals surface area (Å²) in [4.78, 5) is 12.8. The van der Waals surface area contributed by atoms with Gasteiger partial charge in [0.25, 0.3) is 10.0 Å². The van der Waals surface area contributed by atoms with Crippen molar-refractivity contribution in [2.45, 2.75) is 11.8 Å². The second kappa shape index (κ2) is 7.85. The molecule has 0 atom stereocenters. The van der Waals surface area contributed by atoms with Gasteiger partial charge in [-0.05, 0) is 49.2 Å². The molecule has 4 rings (SSSR count). The molecule has 8 nitrogen and oxygen atoms in total. The van der Waals surface area contributed by atoms with Gasteiger partial charge in [0.05, 0.1) is 4.90 Å². The smallest absolute Gasteiger partial charge is 0.264 e. The molecule has 0 bridgehead atoms. The average Bonchev–Trinajstić information content (AvgIpc) is 3.13. The van der Waals surface area contributed by atoms with E-state index in [1.165, 1.54) is 18.3 Å². The van der Waals surface area contributed by atoms with E-state index in [9.17, 15) is 8.42 Å². The van der Waals surface area contributed by atoms with Crippen LogP contribution in [-0.2, 0) is 17.1 Å². The first kappa shape index (κ1) is 19.4. The van der Waals surface area contributed by atoms with Crippen LogP contribution in [0.1, 0.15) is 12.6 Å². The fourth-order valence-electron chi connectivity index (χ4n) is 2.86. The van der Waals surface area contributed by atoms with Gasteiger partial charge >= 0.3 is 0 Å². The molecule has 0 fully saturated rings. The van der Waals surface area contributed by atoms with Crippen molar-refractivity contribution in [3.8, 4) is 11.8 Å². The third kappa shape index (κ3) is 3.94. The predicted molar refractivity (Wildman–Crippen MR) is 116 cm³/mol. The quantitative estimate of drug-likeness (QED) is 0.482. The molecule has 0 saturated heterocycles. The summed E-state index contributed by atoms with van der Waals surface area (Å²) < 4.78 is 29.1. The Morgan fingerprint density at radius 3 is 2.53 bits per heavy atom. The van der Waals surface area contributed by atoms with E-state index in [0.29, 0.717) is 17.2 Å². The Morgan fingerprint density at radius 1 is 1.03 bits per heavy atom. The van der Waals surface area contributed by atoms with Gasteiger partial charge in [-0.15, -0.1) is 0 Å². The molecule has 0 aliphatic carbocycles. The van der Waals surface area contributed by atoms with Crippen molar-refractivity contribution >= 4 is 38.2 Å². The van der Waals surface area contributed by atoms with Gasteiger partial charge < -0.3 is 9.88 Å². The highest BCUT2D eigenvalue weighted by molar-refractivity contribution is 7.92. The molecule has 4 aromatic rings. The standard InChI is InChI=1S/C21H18N6O2S/c1-3-4-19-18-13-20(24-14-15(18)9-10-22-19)25-16-5-7-17(8-6-16)30(28,29)26-21-23-11-12-27(21)2/h5-14H,1-2H3,(H,23,26)(H,24,25). The van der Waals surface area contributed by atoms with Crippen LogP contribution in [-0.4, -0.2) is 27.9 Å². The molecule has 0 radical (unpaired) electrons. The zero-order chi connectivity index (χ0) is 21.1. The highest BCUT2D eigenvalue weighted by atomic mass is 32.2. The van der Waals surface area contributed by atoms with E-state index in [0.717, 1.165) is 10.8 Å². The highest BCUT2D eigenvalue weighted by Gasteiger charge is 2.16. The Bertz CT molecular complexity index is 1380. The molecule has 9 heteroatoms. The summed E-state index contributed by atoms with van der Waals surface area (Å²) in [6, 6.07) is 10.1. The highest BCUT2D eigenvalue weighted by Crippen LogP contribution is 2.23. The van der Waals surface area contributed by atoms with Crippen molar-refractivity contribution in [3.05, 3.63) is 66.9 Å². The summed E-state index contributed by atoms with van der Waals surface area (Å²) in [7, 11) is -2.03. The number of aromatic nitrogens is 4. The van der Waals surface area contributed by atoms with Crippen LogP contribution in [0.5, 0.6) is 0 Å². The molecule has 0 saturated carbocycles. The number of aryl methyl sites for hydroxylation is 1. The summed E-state index contributed by atoms with van der Waals surface area (Å²) in [5.74, 6) is 6.71. The molecule has 0 aliphatic rings. The molecule has 0 spiro atoms. The molecule has 3 heterocycles. The normalized spacial score (nSPS) is 11.0. The van der Waals surface area contributed by atoms with E-state index < -0.39 is 10.0 Å². The Hall–Kier alpha value is -3.90. The molecule has 2 N–H and O–H groups in total. The summed E-state index contributed by atoms with van der Waals surface area (Å²) in [5, 5.41) is 5.01. The second-order valence-corrected chi connectivity index (χ2v) is 8.12. The van der Waals surface area contributed by atoms with Gasteiger partial charge in [0.15, 0.2) is 0 Å². The lowest BCUT2D eigenvalue weighted by atomic mass is 10.1. The first-order valence-corrected chi connectivity index (χ1v) is 10.5. The summed E-state index contributed by atoms with van der Waals surface area (Å²) in [6.07, 6.45) is 6.63. The van der Waals surface area contributed by atoms with Crippen LogP contribution in [0.3, 0.4) is 0 Å². The van der Waals surface area contributed by atoms with Crippen LogP contribution in [0, 0.1) is 11.8 Å². The Kier molecular flexibility index (Phi) is 5.08. The molecule has 150 valence electrons. The molecule has 1 aromatic carbocycles. The Balaban J connectivity index is 1.57. The number of anilines is 3. The van der Waals surface area contributed by atoms with Crippen LogP contribution in [0.4, 0.5) is 17.5 Å². The van der Waals surface area contributed by atoms with E-state index in [1.54, 1.807) is 49.3 Å². The fourth-order valence-corrected chi connectivity index (χ4v) is 3.91. The van der Waals surface area contributed by atoms with Crippen molar-refractivity contribution in [2.75, 3.05) is 10.0 Å². The van der Waals surface area contributed by atoms with Crippen molar-refractivity contribution in [1.82, 2.24) is 19.5 Å². The predicted octanol–water partition coefficient (Wildman–Crippen LogP) is 3.28. The topological polar surface area (TPSA) is 102 Å². The molecular weight excluding hydrogens is 400 g/mol. The van der Waals surface area contributed by atoms with E-state index in [1.807, 2.05) is 12.1 Å². The number of hydrogen-bond acceptors (Lipinski definition) is 6. The molecule has 30 heavy (non-hydrogen) atoms. The van der Waals surface area contributed by atoms with Crippen LogP contribution in [0.2, 0.25) is 0 Å². The Labute approximate surface area is 174 Å². The zero-order valence-corrected chi connectivity index (χ0v) is 17.1. The van der Waals surface area contributed by atoms with Crippen molar-refractivity contribution in [3.63, 3.8) is 0 Å². The molecule has 0 unspecified atom stereocenters. The van der Waals surface area contributed by atoms with Gasteiger partial charge in [-0.25, -0.2) is 28.1 Å². The third-order valence-electron chi connectivity index (χ3n) is 4.37. The largest absolute Gasteiger partial charge is 0.340 e. The third-order valence-corrected chi connectivity index (χ3v) is 5.72. The summed E-state index contributed by atoms with van der Waals surface area (Å²) in [5.41, 5.74) is 1.38. The van der Waals surface area contributed by atoms with Gasteiger partial charge in [-0.2, -0.15) is 0 Å². The maximum absolute atomic E-state index is 12.5. The lowest BCUT2D eigenvalue weighted by Gasteiger charge is -2.10.